The largest absolute Gasteiger partial charge is 0.299 e. The molecule has 0 unspecified atom stereocenters. The SMILES string of the molecule is CC1=C[C@H]2c3ccccc3CC[C@@H]2N(C)C1. The first kappa shape index (κ1) is 10.1. The number of fused-ring (bicyclic) bond motifs is 3. The van der Waals surface area contributed by atoms with Crippen molar-refractivity contribution in [2.75, 3.05) is 13.6 Å². The standard InChI is InChI=1S/C15H19N/c1-11-9-14-13-6-4-3-5-12(13)7-8-15(14)16(2)10-11/h3-6,9,14-15H,7-8,10H2,1-2H3/t14-,15-/m0/s1. The maximum atomic E-state index is 2.52. The third kappa shape index (κ3) is 1.51. The molecule has 84 valence electrons. The Kier molecular flexibility index (Phi) is 2.36. The summed E-state index contributed by atoms with van der Waals surface area (Å²) in [5.41, 5.74) is 4.63. The van der Waals surface area contributed by atoms with Gasteiger partial charge >= 0.3 is 0 Å². The van der Waals surface area contributed by atoms with Gasteiger partial charge in [-0.05, 0) is 37.9 Å². The van der Waals surface area contributed by atoms with Gasteiger partial charge in [0, 0.05) is 18.5 Å². The van der Waals surface area contributed by atoms with E-state index in [1.165, 1.54) is 18.4 Å². The molecule has 0 saturated heterocycles. The van der Waals surface area contributed by atoms with Gasteiger partial charge in [-0.15, -0.1) is 0 Å². The van der Waals surface area contributed by atoms with Crippen LogP contribution in [0.3, 0.4) is 0 Å². The predicted molar refractivity (Wildman–Crippen MR) is 67.7 cm³/mol. The first-order valence-electron chi connectivity index (χ1n) is 6.21. The van der Waals surface area contributed by atoms with Crippen molar-refractivity contribution in [3.63, 3.8) is 0 Å². The zero-order chi connectivity index (χ0) is 11.1. The topological polar surface area (TPSA) is 3.24 Å². The van der Waals surface area contributed by atoms with Crippen molar-refractivity contribution in [2.24, 2.45) is 0 Å². The van der Waals surface area contributed by atoms with Gasteiger partial charge in [0.25, 0.3) is 0 Å². The van der Waals surface area contributed by atoms with Gasteiger partial charge in [-0.2, -0.15) is 0 Å². The van der Waals surface area contributed by atoms with Gasteiger partial charge in [0.1, 0.15) is 0 Å². The van der Waals surface area contributed by atoms with E-state index in [1.807, 2.05) is 0 Å². The average molecular weight is 213 g/mol. The van der Waals surface area contributed by atoms with Crippen LogP contribution in [0.15, 0.2) is 35.9 Å². The molecule has 1 aromatic carbocycles. The van der Waals surface area contributed by atoms with E-state index in [2.05, 4.69) is 49.2 Å². The summed E-state index contributed by atoms with van der Waals surface area (Å²) in [4.78, 5) is 2.52. The number of rotatable bonds is 0. The van der Waals surface area contributed by atoms with Gasteiger partial charge in [0.05, 0.1) is 0 Å². The Labute approximate surface area is 97.8 Å². The summed E-state index contributed by atoms with van der Waals surface area (Å²) < 4.78 is 0. The fraction of sp³-hybridized carbons (Fsp3) is 0.467. The molecule has 1 heteroatoms. The summed E-state index contributed by atoms with van der Waals surface area (Å²) >= 11 is 0. The van der Waals surface area contributed by atoms with E-state index in [1.54, 1.807) is 11.1 Å². The number of hydrogen-bond donors (Lipinski definition) is 0. The summed E-state index contributed by atoms with van der Waals surface area (Å²) in [5.74, 6) is 0.628. The van der Waals surface area contributed by atoms with Gasteiger partial charge < -0.3 is 0 Å². The lowest BCUT2D eigenvalue weighted by molar-refractivity contribution is 0.208. The van der Waals surface area contributed by atoms with Crippen LogP contribution in [0, 0.1) is 0 Å². The summed E-state index contributed by atoms with van der Waals surface area (Å²) in [6.07, 6.45) is 5.04. The molecule has 1 aliphatic carbocycles. The Bertz CT molecular complexity index is 433. The van der Waals surface area contributed by atoms with Crippen LogP contribution in [0.25, 0.3) is 0 Å². The van der Waals surface area contributed by atoms with Crippen LogP contribution in [0.1, 0.15) is 30.4 Å². The normalized spacial score (nSPS) is 29.2. The molecular weight excluding hydrogens is 194 g/mol. The van der Waals surface area contributed by atoms with Crippen LogP contribution in [-0.2, 0) is 6.42 Å². The van der Waals surface area contributed by atoms with Crippen LogP contribution in [-0.4, -0.2) is 24.5 Å². The van der Waals surface area contributed by atoms with E-state index in [0.717, 1.165) is 12.6 Å². The highest BCUT2D eigenvalue weighted by atomic mass is 15.1. The van der Waals surface area contributed by atoms with E-state index in [0.29, 0.717) is 5.92 Å². The third-order valence-corrected chi connectivity index (χ3v) is 4.07. The lowest BCUT2D eigenvalue weighted by atomic mass is 9.76. The Morgan fingerprint density at radius 3 is 2.94 bits per heavy atom. The lowest BCUT2D eigenvalue weighted by Gasteiger charge is -2.41. The Morgan fingerprint density at radius 1 is 1.25 bits per heavy atom. The second-order valence-corrected chi connectivity index (χ2v) is 5.26. The first-order valence-corrected chi connectivity index (χ1v) is 6.21. The minimum atomic E-state index is 0.628. The number of aryl methyl sites for hydroxylation is 1. The van der Waals surface area contributed by atoms with Gasteiger partial charge in [0.2, 0.25) is 0 Å². The highest BCUT2D eigenvalue weighted by Gasteiger charge is 2.32. The van der Waals surface area contributed by atoms with E-state index in [-0.39, 0.29) is 0 Å². The smallest absolute Gasteiger partial charge is 0.0202 e. The fourth-order valence-electron chi connectivity index (χ4n) is 3.34. The third-order valence-electron chi connectivity index (χ3n) is 4.07. The molecule has 3 rings (SSSR count). The molecule has 0 spiro atoms. The summed E-state index contributed by atoms with van der Waals surface area (Å²) in [5, 5.41) is 0. The summed E-state index contributed by atoms with van der Waals surface area (Å²) in [6, 6.07) is 9.68. The molecular formula is C15H19N. The van der Waals surface area contributed by atoms with Crippen molar-refractivity contribution in [3.05, 3.63) is 47.0 Å². The highest BCUT2D eigenvalue weighted by Crippen LogP contribution is 2.38. The Morgan fingerprint density at radius 2 is 2.06 bits per heavy atom. The Balaban J connectivity index is 2.07. The number of likely N-dealkylation sites (N-methyl/N-ethyl adjacent to an activating group) is 1. The number of benzene rings is 1. The van der Waals surface area contributed by atoms with Gasteiger partial charge in [-0.1, -0.05) is 35.9 Å². The molecule has 0 N–H and O–H groups in total. The van der Waals surface area contributed by atoms with E-state index in [4.69, 9.17) is 0 Å². The molecule has 1 heterocycles. The monoisotopic (exact) mass is 213 g/mol. The zero-order valence-corrected chi connectivity index (χ0v) is 10.1. The van der Waals surface area contributed by atoms with Crippen molar-refractivity contribution in [2.45, 2.75) is 31.7 Å². The van der Waals surface area contributed by atoms with Gasteiger partial charge in [0.15, 0.2) is 0 Å². The molecule has 0 bridgehead atoms. The van der Waals surface area contributed by atoms with E-state index < -0.39 is 0 Å². The van der Waals surface area contributed by atoms with Crippen molar-refractivity contribution in [3.8, 4) is 0 Å². The number of hydrogen-bond acceptors (Lipinski definition) is 1. The maximum absolute atomic E-state index is 2.52. The fourth-order valence-corrected chi connectivity index (χ4v) is 3.34. The van der Waals surface area contributed by atoms with E-state index >= 15 is 0 Å². The van der Waals surface area contributed by atoms with Crippen LogP contribution in [0.5, 0.6) is 0 Å². The lowest BCUT2D eigenvalue weighted by Crippen LogP contribution is -2.42. The van der Waals surface area contributed by atoms with Crippen molar-refractivity contribution < 1.29 is 0 Å². The summed E-state index contributed by atoms with van der Waals surface area (Å²) in [6.45, 7) is 3.40. The minimum absolute atomic E-state index is 0.628. The molecule has 2 aliphatic rings. The number of nitrogens with zero attached hydrogens (tertiary/aromatic N) is 1. The molecule has 0 radical (unpaired) electrons. The van der Waals surface area contributed by atoms with Crippen LogP contribution >= 0.6 is 0 Å². The molecule has 0 amide bonds. The molecule has 0 aromatic heterocycles. The van der Waals surface area contributed by atoms with Crippen LogP contribution in [0.2, 0.25) is 0 Å². The average Bonchev–Trinajstić information content (AvgIpc) is 2.28. The molecule has 2 atom stereocenters. The van der Waals surface area contributed by atoms with Gasteiger partial charge in [-0.3, -0.25) is 4.90 Å². The second-order valence-electron chi connectivity index (χ2n) is 5.26. The molecule has 0 saturated carbocycles. The maximum Gasteiger partial charge on any atom is 0.0202 e. The molecule has 16 heavy (non-hydrogen) atoms. The zero-order valence-electron chi connectivity index (χ0n) is 10.1. The molecule has 0 fully saturated rings. The quantitative estimate of drug-likeness (QED) is 0.599. The first-order chi connectivity index (χ1) is 7.75. The van der Waals surface area contributed by atoms with E-state index in [9.17, 15) is 0 Å². The van der Waals surface area contributed by atoms with Crippen LogP contribution in [0.4, 0.5) is 0 Å². The molecule has 1 aromatic rings. The molecule has 1 nitrogen and oxygen atoms in total. The van der Waals surface area contributed by atoms with Crippen molar-refractivity contribution >= 4 is 0 Å². The van der Waals surface area contributed by atoms with Crippen molar-refractivity contribution in [1.82, 2.24) is 4.90 Å². The summed E-state index contributed by atoms with van der Waals surface area (Å²) in [7, 11) is 2.27. The Hall–Kier alpha value is -1.08. The van der Waals surface area contributed by atoms with Crippen molar-refractivity contribution in [1.29, 1.82) is 0 Å². The minimum Gasteiger partial charge on any atom is -0.299 e. The van der Waals surface area contributed by atoms with Crippen LogP contribution < -0.4 is 0 Å². The second kappa shape index (κ2) is 3.74. The van der Waals surface area contributed by atoms with Gasteiger partial charge in [-0.25, -0.2) is 0 Å². The highest BCUT2D eigenvalue weighted by molar-refractivity contribution is 5.39. The molecule has 1 aliphatic heterocycles. The predicted octanol–water partition coefficient (Wildman–Crippen LogP) is 2.98.